The number of aromatic nitrogens is 1. The zero-order valence-corrected chi connectivity index (χ0v) is 13.8. The van der Waals surface area contributed by atoms with Crippen molar-refractivity contribution < 1.29 is 17.4 Å². The molecule has 8 heteroatoms. The van der Waals surface area contributed by atoms with Crippen LogP contribution < -0.4 is 4.90 Å². The van der Waals surface area contributed by atoms with Crippen LogP contribution in [0, 0.1) is 0 Å². The van der Waals surface area contributed by atoms with Crippen LogP contribution in [0.5, 0.6) is 0 Å². The molecule has 3 nitrogen and oxygen atoms in total. The Bertz CT molecular complexity index is 687. The first-order chi connectivity index (χ1) is 10.9. The molecule has 124 valence electrons. The largest absolute Gasteiger partial charge is 0.395 e. The van der Waals surface area contributed by atoms with Gasteiger partial charge in [0.05, 0.1) is 12.1 Å². The molecule has 0 amide bonds. The van der Waals surface area contributed by atoms with Gasteiger partial charge >= 0.3 is 6.18 Å². The van der Waals surface area contributed by atoms with E-state index in [1.54, 1.807) is 5.38 Å². The highest BCUT2D eigenvalue weighted by molar-refractivity contribution is 7.85. The standard InChI is InChI=1S/C15H15F3N2OS2/c16-15(17,18)9-14-19-13(10-22-14)11-1-3-12(4-2-11)20-5-7-23(21)8-6-20/h1-4,10H,5-9H2. The molecule has 3 rings (SSSR count). The highest BCUT2D eigenvalue weighted by Crippen LogP contribution is 2.28. The third-order valence-electron chi connectivity index (χ3n) is 3.61. The summed E-state index contributed by atoms with van der Waals surface area (Å²) in [6.45, 7) is 1.52. The van der Waals surface area contributed by atoms with Crippen molar-refractivity contribution in [2.24, 2.45) is 0 Å². The zero-order valence-electron chi connectivity index (χ0n) is 12.2. The molecule has 0 bridgehead atoms. The first-order valence-electron chi connectivity index (χ1n) is 7.12. The van der Waals surface area contributed by atoms with E-state index in [1.165, 1.54) is 0 Å². The van der Waals surface area contributed by atoms with Gasteiger partial charge in [-0.25, -0.2) is 4.98 Å². The van der Waals surface area contributed by atoms with Crippen molar-refractivity contribution in [1.29, 1.82) is 0 Å². The molecule has 2 heterocycles. The summed E-state index contributed by atoms with van der Waals surface area (Å²) in [5.74, 6) is 1.35. The average Bonchev–Trinajstić information content (AvgIpc) is 2.95. The summed E-state index contributed by atoms with van der Waals surface area (Å²) < 4.78 is 48.5. The lowest BCUT2D eigenvalue weighted by atomic mass is 10.1. The Balaban J connectivity index is 1.71. The summed E-state index contributed by atoms with van der Waals surface area (Å²) in [5, 5.41) is 1.73. The molecule has 1 aromatic carbocycles. The molecule has 0 N–H and O–H groups in total. The first-order valence-corrected chi connectivity index (χ1v) is 9.49. The predicted octanol–water partition coefficient (Wildman–Crippen LogP) is 3.48. The Morgan fingerprint density at radius 1 is 1.17 bits per heavy atom. The Labute approximate surface area is 138 Å². The summed E-state index contributed by atoms with van der Waals surface area (Å²) in [6, 6.07) is 7.61. The van der Waals surface area contributed by atoms with E-state index in [0.717, 1.165) is 35.7 Å². The lowest BCUT2D eigenvalue weighted by Crippen LogP contribution is -2.37. The van der Waals surface area contributed by atoms with E-state index in [2.05, 4.69) is 9.88 Å². The lowest BCUT2D eigenvalue weighted by molar-refractivity contribution is -0.127. The predicted molar refractivity (Wildman–Crippen MR) is 87.4 cm³/mol. The van der Waals surface area contributed by atoms with E-state index in [4.69, 9.17) is 0 Å². The van der Waals surface area contributed by atoms with Gasteiger partial charge in [-0.05, 0) is 12.1 Å². The molecule has 1 aliphatic heterocycles. The maximum atomic E-state index is 12.4. The zero-order chi connectivity index (χ0) is 16.4. The lowest BCUT2D eigenvalue weighted by Gasteiger charge is -2.28. The van der Waals surface area contributed by atoms with Crippen LogP contribution in [-0.2, 0) is 17.2 Å². The van der Waals surface area contributed by atoms with E-state index >= 15 is 0 Å². The molecule has 1 fully saturated rings. The normalized spacial score (nSPS) is 16.7. The Kier molecular flexibility index (Phi) is 4.72. The monoisotopic (exact) mass is 360 g/mol. The number of alkyl halides is 3. The second-order valence-electron chi connectivity index (χ2n) is 5.30. The number of anilines is 1. The second kappa shape index (κ2) is 6.60. The molecule has 1 aliphatic rings. The van der Waals surface area contributed by atoms with Crippen LogP contribution in [0.3, 0.4) is 0 Å². The molecule has 1 aromatic heterocycles. The van der Waals surface area contributed by atoms with Gasteiger partial charge in [0.2, 0.25) is 0 Å². The van der Waals surface area contributed by atoms with Crippen LogP contribution in [0.15, 0.2) is 29.6 Å². The minimum absolute atomic E-state index is 0.0788. The molecular weight excluding hydrogens is 345 g/mol. The van der Waals surface area contributed by atoms with Crippen molar-refractivity contribution in [2.45, 2.75) is 12.6 Å². The van der Waals surface area contributed by atoms with E-state index in [1.807, 2.05) is 24.3 Å². The number of hydrogen-bond donors (Lipinski definition) is 0. The minimum atomic E-state index is -4.23. The van der Waals surface area contributed by atoms with Crippen molar-refractivity contribution in [1.82, 2.24) is 4.98 Å². The summed E-state index contributed by atoms with van der Waals surface area (Å²) in [4.78, 5) is 6.23. The van der Waals surface area contributed by atoms with Crippen molar-refractivity contribution in [3.63, 3.8) is 0 Å². The molecule has 0 atom stereocenters. The fourth-order valence-electron chi connectivity index (χ4n) is 2.44. The van der Waals surface area contributed by atoms with Gasteiger partial charge in [-0.15, -0.1) is 11.3 Å². The van der Waals surface area contributed by atoms with Gasteiger partial charge in [0, 0.05) is 52.0 Å². The summed E-state index contributed by atoms with van der Waals surface area (Å²) in [5.41, 5.74) is 2.41. The molecule has 0 radical (unpaired) electrons. The van der Waals surface area contributed by atoms with Gasteiger partial charge in [0.25, 0.3) is 0 Å². The topological polar surface area (TPSA) is 33.2 Å². The summed E-state index contributed by atoms with van der Waals surface area (Å²) in [6.07, 6.45) is -5.21. The fraction of sp³-hybridized carbons (Fsp3) is 0.400. The van der Waals surface area contributed by atoms with Crippen molar-refractivity contribution >= 4 is 27.8 Å². The van der Waals surface area contributed by atoms with Crippen LogP contribution in [0.2, 0.25) is 0 Å². The second-order valence-corrected chi connectivity index (χ2v) is 7.94. The van der Waals surface area contributed by atoms with Gasteiger partial charge in [-0.2, -0.15) is 13.2 Å². The highest BCUT2D eigenvalue weighted by Gasteiger charge is 2.29. The maximum Gasteiger partial charge on any atom is 0.395 e. The van der Waals surface area contributed by atoms with Crippen molar-refractivity contribution in [2.75, 3.05) is 29.5 Å². The van der Waals surface area contributed by atoms with E-state index < -0.39 is 23.4 Å². The first kappa shape index (κ1) is 16.4. The van der Waals surface area contributed by atoms with Crippen molar-refractivity contribution in [3.8, 4) is 11.3 Å². The quantitative estimate of drug-likeness (QED) is 0.840. The fourth-order valence-corrected chi connectivity index (χ4v) is 4.32. The van der Waals surface area contributed by atoms with Gasteiger partial charge < -0.3 is 4.90 Å². The Morgan fingerprint density at radius 3 is 2.43 bits per heavy atom. The molecular formula is C15H15F3N2OS2. The minimum Gasteiger partial charge on any atom is -0.370 e. The molecule has 2 aromatic rings. The molecule has 0 aliphatic carbocycles. The number of halogens is 3. The molecule has 0 unspecified atom stereocenters. The van der Waals surface area contributed by atoms with Crippen LogP contribution in [-0.4, -0.2) is 40.0 Å². The van der Waals surface area contributed by atoms with Gasteiger partial charge in [-0.1, -0.05) is 12.1 Å². The van der Waals surface area contributed by atoms with Crippen LogP contribution >= 0.6 is 11.3 Å². The summed E-state index contributed by atoms with van der Waals surface area (Å²) in [7, 11) is -0.717. The molecule has 1 saturated heterocycles. The van der Waals surface area contributed by atoms with Gasteiger partial charge in [0.15, 0.2) is 0 Å². The number of nitrogens with zero attached hydrogens (tertiary/aromatic N) is 2. The number of thiazole rings is 1. The van der Waals surface area contributed by atoms with Crippen LogP contribution in [0.4, 0.5) is 18.9 Å². The van der Waals surface area contributed by atoms with Gasteiger partial charge in [0.1, 0.15) is 5.01 Å². The van der Waals surface area contributed by atoms with E-state index in [0.29, 0.717) is 17.2 Å². The smallest absolute Gasteiger partial charge is 0.370 e. The van der Waals surface area contributed by atoms with Crippen molar-refractivity contribution in [3.05, 3.63) is 34.7 Å². The SMILES string of the molecule is O=S1CCN(c2ccc(-c3csc(CC(F)(F)F)n3)cc2)CC1. The van der Waals surface area contributed by atoms with Crippen LogP contribution in [0.25, 0.3) is 11.3 Å². The highest BCUT2D eigenvalue weighted by atomic mass is 32.2. The molecule has 0 saturated carbocycles. The molecule has 0 spiro atoms. The molecule has 23 heavy (non-hydrogen) atoms. The Morgan fingerprint density at radius 2 is 1.83 bits per heavy atom. The van der Waals surface area contributed by atoms with E-state index in [9.17, 15) is 17.4 Å². The van der Waals surface area contributed by atoms with Crippen LogP contribution in [0.1, 0.15) is 5.01 Å². The third-order valence-corrected chi connectivity index (χ3v) is 5.73. The number of rotatable bonds is 3. The van der Waals surface area contributed by atoms with Gasteiger partial charge in [-0.3, -0.25) is 4.21 Å². The Hall–Kier alpha value is -1.41. The average molecular weight is 360 g/mol. The van der Waals surface area contributed by atoms with E-state index in [-0.39, 0.29) is 5.01 Å². The number of hydrogen-bond acceptors (Lipinski definition) is 4. The number of benzene rings is 1. The maximum absolute atomic E-state index is 12.4. The third kappa shape index (κ3) is 4.32. The summed E-state index contributed by atoms with van der Waals surface area (Å²) >= 11 is 1.03.